The van der Waals surface area contributed by atoms with E-state index in [0.29, 0.717) is 28.9 Å². The molecule has 3 saturated carbocycles. The first-order valence-corrected chi connectivity index (χ1v) is 20.5. The van der Waals surface area contributed by atoms with E-state index in [1.807, 2.05) is 6.08 Å². The van der Waals surface area contributed by atoms with Crippen molar-refractivity contribution in [1.29, 1.82) is 0 Å². The van der Waals surface area contributed by atoms with Crippen molar-refractivity contribution in [2.75, 3.05) is 24.6 Å². The van der Waals surface area contributed by atoms with Gasteiger partial charge in [-0.15, -0.1) is 0 Å². The van der Waals surface area contributed by atoms with Gasteiger partial charge in [-0.25, -0.2) is 4.58 Å². The van der Waals surface area contributed by atoms with Crippen molar-refractivity contribution in [3.63, 3.8) is 0 Å². The SMILES string of the molecule is CCC(=CC1=[N+](CCS(=O)(=O)O)C2CC(C)C(C)CC2S1)C=C1OC2CCC(C3CCCCC3)CC2N1CCS(=O)(=O)O. The lowest BCUT2D eigenvalue weighted by atomic mass is 9.71. The quantitative estimate of drug-likeness (QED) is 0.236. The Labute approximate surface area is 263 Å². The van der Waals surface area contributed by atoms with Crippen molar-refractivity contribution < 1.29 is 35.3 Å². The fourth-order valence-electron chi connectivity index (χ4n) is 8.17. The fourth-order valence-corrected chi connectivity index (χ4v) is 10.7. The van der Waals surface area contributed by atoms with E-state index in [9.17, 15) is 25.9 Å². The second-order valence-electron chi connectivity index (χ2n) is 13.7. The van der Waals surface area contributed by atoms with Crippen LogP contribution in [0.4, 0.5) is 0 Å². The molecule has 7 atom stereocenters. The Bertz CT molecular complexity index is 1320. The highest BCUT2D eigenvalue weighted by Gasteiger charge is 2.48. The lowest BCUT2D eigenvalue weighted by Gasteiger charge is -2.39. The van der Waals surface area contributed by atoms with Crippen molar-refractivity contribution in [2.45, 2.75) is 115 Å². The number of nitrogens with zero attached hydrogens (tertiary/aromatic N) is 2. The van der Waals surface area contributed by atoms with Crippen LogP contribution in [0.25, 0.3) is 0 Å². The number of allylic oxidation sites excluding steroid dienone is 2. The molecule has 0 aromatic heterocycles. The molecule has 1 saturated heterocycles. The fraction of sp³-hybridized carbons (Fsp3) is 0.839. The second-order valence-corrected chi connectivity index (χ2v) is 18.1. The summed E-state index contributed by atoms with van der Waals surface area (Å²) in [6.45, 7) is 7.06. The van der Waals surface area contributed by atoms with E-state index < -0.39 is 20.2 Å². The molecule has 0 amide bonds. The van der Waals surface area contributed by atoms with E-state index in [1.54, 1.807) is 11.8 Å². The minimum atomic E-state index is -4.13. The molecule has 0 spiro atoms. The molecule has 9 nitrogen and oxygen atoms in total. The molecule has 43 heavy (non-hydrogen) atoms. The van der Waals surface area contributed by atoms with Crippen LogP contribution in [-0.2, 0) is 25.0 Å². The monoisotopic (exact) mass is 659 g/mol. The summed E-state index contributed by atoms with van der Waals surface area (Å²) in [6, 6.07) is 0.320. The van der Waals surface area contributed by atoms with Gasteiger partial charge in [0, 0.05) is 25.1 Å². The van der Waals surface area contributed by atoms with Crippen molar-refractivity contribution >= 4 is 37.0 Å². The molecule has 2 heterocycles. The molecule has 0 bridgehead atoms. The first-order chi connectivity index (χ1) is 20.3. The first kappa shape index (κ1) is 33.3. The van der Waals surface area contributed by atoms with Gasteiger partial charge >= 0.3 is 0 Å². The number of hydrogen-bond acceptors (Lipinski definition) is 7. The molecule has 7 unspecified atom stereocenters. The van der Waals surface area contributed by atoms with Crippen molar-refractivity contribution in [2.24, 2.45) is 23.7 Å². The lowest BCUT2D eigenvalue weighted by molar-refractivity contribution is -0.559. The molecule has 4 fully saturated rings. The Hall–Kier alpha value is -1.08. The third-order valence-electron chi connectivity index (χ3n) is 10.8. The average Bonchev–Trinajstić information content (AvgIpc) is 3.45. The molecule has 2 aliphatic heterocycles. The van der Waals surface area contributed by atoms with Crippen LogP contribution in [0.1, 0.15) is 91.4 Å². The van der Waals surface area contributed by atoms with Gasteiger partial charge in [0.1, 0.15) is 11.9 Å². The van der Waals surface area contributed by atoms with E-state index in [1.165, 1.54) is 32.1 Å². The molecule has 12 heteroatoms. The highest BCUT2D eigenvalue weighted by atomic mass is 32.2. The zero-order chi connectivity index (χ0) is 30.9. The summed E-state index contributed by atoms with van der Waals surface area (Å²) in [5.41, 5.74) is 1.02. The van der Waals surface area contributed by atoms with E-state index in [4.69, 9.17) is 4.74 Å². The van der Waals surface area contributed by atoms with Crippen LogP contribution in [-0.4, -0.2) is 88.5 Å². The normalized spacial score (nSPS) is 35.3. The standard InChI is InChI=1S/C31H50N2O7S3/c1-4-23(19-31-33(13-15-43(37,38)39)27-16-21(2)22(3)17-29(27)41-31)18-30-32(12-14-42(34,35)36)26-20-25(10-11-28(26)40-30)24-8-6-5-7-9-24/h18-19,21-22,24-29H,4-17,20H2,1-3H3,(H-,34,35,36,37,38,39)/p+1. The van der Waals surface area contributed by atoms with Gasteiger partial charge in [0.2, 0.25) is 5.04 Å². The maximum atomic E-state index is 11.8. The third kappa shape index (κ3) is 8.40. The molecule has 5 rings (SSSR count). The number of ether oxygens (including phenoxy) is 1. The van der Waals surface area contributed by atoms with Gasteiger partial charge in [0.15, 0.2) is 18.5 Å². The molecule has 244 valence electrons. The predicted octanol–water partition coefficient (Wildman–Crippen LogP) is 5.35. The number of thioether (sulfide) groups is 1. The van der Waals surface area contributed by atoms with E-state index in [0.717, 1.165) is 55.1 Å². The minimum absolute atomic E-state index is 0.0104. The van der Waals surface area contributed by atoms with Gasteiger partial charge in [0.25, 0.3) is 20.2 Å². The zero-order valence-electron chi connectivity index (χ0n) is 25.9. The van der Waals surface area contributed by atoms with Gasteiger partial charge in [-0.2, -0.15) is 16.8 Å². The summed E-state index contributed by atoms with van der Waals surface area (Å²) in [7, 11) is -8.22. The summed E-state index contributed by atoms with van der Waals surface area (Å²) in [5, 5.41) is 1.39. The van der Waals surface area contributed by atoms with Crippen molar-refractivity contribution in [3.8, 4) is 0 Å². The summed E-state index contributed by atoms with van der Waals surface area (Å²) in [6.07, 6.45) is 16.5. The Morgan fingerprint density at radius 3 is 2.33 bits per heavy atom. The Kier molecular flexibility index (Phi) is 10.6. The molecule has 5 aliphatic rings. The lowest BCUT2D eigenvalue weighted by Crippen LogP contribution is -2.43. The van der Waals surface area contributed by atoms with E-state index in [-0.39, 0.29) is 42.8 Å². The maximum Gasteiger partial charge on any atom is 0.271 e. The van der Waals surface area contributed by atoms with Crippen molar-refractivity contribution in [1.82, 2.24) is 4.90 Å². The third-order valence-corrected chi connectivity index (χ3v) is 13.6. The smallest absolute Gasteiger partial charge is 0.271 e. The van der Waals surface area contributed by atoms with Crippen molar-refractivity contribution in [3.05, 3.63) is 23.6 Å². The molecule has 2 N–H and O–H groups in total. The largest absolute Gasteiger partial charge is 0.474 e. The Morgan fingerprint density at radius 2 is 1.65 bits per heavy atom. The first-order valence-electron chi connectivity index (χ1n) is 16.4. The van der Waals surface area contributed by atoms with Crippen LogP contribution in [0.15, 0.2) is 23.6 Å². The van der Waals surface area contributed by atoms with Gasteiger partial charge in [-0.1, -0.05) is 52.9 Å². The van der Waals surface area contributed by atoms with Crippen LogP contribution < -0.4 is 0 Å². The molecule has 0 aromatic carbocycles. The van der Waals surface area contributed by atoms with Crippen LogP contribution in [0.5, 0.6) is 0 Å². The minimum Gasteiger partial charge on any atom is -0.474 e. The number of fused-ring (bicyclic) bond motifs is 2. The van der Waals surface area contributed by atoms with Gasteiger partial charge < -0.3 is 9.64 Å². The highest BCUT2D eigenvalue weighted by molar-refractivity contribution is 8.14. The summed E-state index contributed by atoms with van der Waals surface area (Å²) in [5.74, 6) is 2.51. The topological polar surface area (TPSA) is 124 Å². The highest BCUT2D eigenvalue weighted by Crippen LogP contribution is 2.45. The van der Waals surface area contributed by atoms with Crippen LogP contribution in [0.3, 0.4) is 0 Å². The molecule has 3 aliphatic carbocycles. The molecular weight excluding hydrogens is 609 g/mol. The summed E-state index contributed by atoms with van der Waals surface area (Å²) >= 11 is 1.80. The van der Waals surface area contributed by atoms with E-state index >= 15 is 0 Å². The molecular formula is C31H51N2O7S3+. The number of hydrogen-bond donors (Lipinski definition) is 2. The molecule has 0 aromatic rings. The Balaban J connectivity index is 1.43. The summed E-state index contributed by atoms with van der Waals surface area (Å²) in [4.78, 5) is 2.09. The van der Waals surface area contributed by atoms with Crippen LogP contribution >= 0.6 is 11.8 Å². The molecule has 0 radical (unpaired) electrons. The average molecular weight is 660 g/mol. The van der Waals surface area contributed by atoms with Gasteiger partial charge in [-0.05, 0) is 73.1 Å². The second kappa shape index (κ2) is 13.7. The van der Waals surface area contributed by atoms with Crippen LogP contribution in [0.2, 0.25) is 0 Å². The van der Waals surface area contributed by atoms with Crippen LogP contribution in [0, 0.1) is 23.7 Å². The number of rotatable bonds is 10. The predicted molar refractivity (Wildman–Crippen MR) is 171 cm³/mol. The van der Waals surface area contributed by atoms with Gasteiger partial charge in [-0.3, -0.25) is 9.11 Å². The summed E-state index contributed by atoms with van der Waals surface area (Å²) < 4.78 is 74.9. The van der Waals surface area contributed by atoms with E-state index in [2.05, 4.69) is 36.3 Å². The Morgan fingerprint density at radius 1 is 0.953 bits per heavy atom. The van der Waals surface area contributed by atoms with Gasteiger partial charge in [0.05, 0.1) is 17.0 Å². The zero-order valence-corrected chi connectivity index (χ0v) is 28.4. The maximum absolute atomic E-state index is 11.8.